The number of ether oxygens (including phenoxy) is 1. The number of hydrogen-bond acceptors (Lipinski definition) is 5. The van der Waals surface area contributed by atoms with Gasteiger partial charge >= 0.3 is 5.97 Å². The minimum atomic E-state index is -0.685. The van der Waals surface area contributed by atoms with Crippen LogP contribution in [0.3, 0.4) is 0 Å². The molecular weight excluding hydrogens is 743 g/mol. The normalized spacial score (nSPS) is 12.7. The van der Waals surface area contributed by atoms with Gasteiger partial charge in [0.05, 0.1) is 25.4 Å². The molecule has 0 rings (SSSR count). The number of carbonyl (C=O) groups is 2. The smallest absolute Gasteiger partial charge is 0.305 e. The van der Waals surface area contributed by atoms with Crippen LogP contribution in [0.2, 0.25) is 0 Å². The average Bonchev–Trinajstić information content (AvgIpc) is 3.25. The second-order valence-corrected chi connectivity index (χ2v) is 18.6. The predicted molar refractivity (Wildman–Crippen MR) is 260 cm³/mol. The van der Waals surface area contributed by atoms with Crippen molar-refractivity contribution >= 4 is 11.9 Å². The molecule has 0 heterocycles. The molecular formula is C54H105NO5. The molecule has 356 valence electrons. The summed E-state index contributed by atoms with van der Waals surface area (Å²) in [5, 5.41) is 23.3. The summed E-state index contributed by atoms with van der Waals surface area (Å²) in [7, 11) is 0. The predicted octanol–water partition coefficient (Wildman–Crippen LogP) is 16.1. The second kappa shape index (κ2) is 50.2. The van der Waals surface area contributed by atoms with Crippen molar-refractivity contribution < 1.29 is 24.5 Å². The van der Waals surface area contributed by atoms with Gasteiger partial charge in [-0.2, -0.15) is 0 Å². The molecule has 60 heavy (non-hydrogen) atoms. The van der Waals surface area contributed by atoms with Crippen LogP contribution in [0, 0.1) is 0 Å². The Morgan fingerprint density at radius 3 is 1.18 bits per heavy atom. The van der Waals surface area contributed by atoms with Gasteiger partial charge in [-0.1, -0.05) is 244 Å². The molecule has 0 aliphatic heterocycles. The minimum absolute atomic E-state index is 0.0358. The van der Waals surface area contributed by atoms with Crippen LogP contribution in [0.4, 0.5) is 0 Å². The Morgan fingerprint density at radius 1 is 0.450 bits per heavy atom. The van der Waals surface area contributed by atoms with Crippen molar-refractivity contribution in [1.82, 2.24) is 5.32 Å². The van der Waals surface area contributed by atoms with Gasteiger partial charge in [0.2, 0.25) is 5.91 Å². The van der Waals surface area contributed by atoms with E-state index in [1.807, 2.05) is 0 Å². The molecule has 2 unspecified atom stereocenters. The van der Waals surface area contributed by atoms with Crippen molar-refractivity contribution in [1.29, 1.82) is 0 Å². The van der Waals surface area contributed by atoms with Gasteiger partial charge in [0.15, 0.2) is 0 Å². The molecule has 0 saturated heterocycles. The van der Waals surface area contributed by atoms with Crippen molar-refractivity contribution in [2.45, 2.75) is 309 Å². The summed E-state index contributed by atoms with van der Waals surface area (Å²) in [6.45, 7) is 4.87. The van der Waals surface area contributed by atoms with E-state index in [9.17, 15) is 19.8 Å². The number of carbonyl (C=O) groups excluding carboxylic acids is 2. The monoisotopic (exact) mass is 848 g/mol. The molecule has 0 fully saturated rings. The van der Waals surface area contributed by atoms with E-state index in [1.165, 1.54) is 186 Å². The zero-order valence-corrected chi connectivity index (χ0v) is 40.5. The number of aliphatic hydroxyl groups excluding tert-OH is 2. The Balaban J connectivity index is 3.51. The third-order valence-electron chi connectivity index (χ3n) is 12.6. The maximum absolute atomic E-state index is 12.5. The van der Waals surface area contributed by atoms with Crippen molar-refractivity contribution in [2.75, 3.05) is 13.2 Å². The molecule has 6 nitrogen and oxygen atoms in total. The van der Waals surface area contributed by atoms with Crippen LogP contribution in [0.25, 0.3) is 0 Å². The lowest BCUT2D eigenvalue weighted by Crippen LogP contribution is -2.45. The zero-order valence-electron chi connectivity index (χ0n) is 40.5. The molecule has 0 saturated carbocycles. The highest BCUT2D eigenvalue weighted by atomic mass is 16.5. The quantitative estimate of drug-likeness (QED) is 0.0322. The highest BCUT2D eigenvalue weighted by Gasteiger charge is 2.20. The average molecular weight is 848 g/mol. The second-order valence-electron chi connectivity index (χ2n) is 18.6. The van der Waals surface area contributed by atoms with Crippen molar-refractivity contribution in [3.8, 4) is 0 Å². The standard InChI is InChI=1S/C54H105NO5/c1-3-5-7-9-11-13-15-16-17-18-19-20-21-22-23-24-25-27-30-34-38-42-46-52(57)51(50-56)55-53(58)47-43-39-35-31-28-29-33-37-41-45-49-60-54(59)48-44-40-36-32-26-14-12-10-8-6-4-2/h29,33,51-52,56-57H,3-28,30-32,34-50H2,1-2H3,(H,55,58)/b33-29-. The van der Waals surface area contributed by atoms with Gasteiger partial charge in [-0.25, -0.2) is 0 Å². The summed E-state index contributed by atoms with van der Waals surface area (Å²) in [4.78, 5) is 24.4. The Labute approximate surface area is 374 Å². The molecule has 0 radical (unpaired) electrons. The molecule has 2 atom stereocenters. The van der Waals surface area contributed by atoms with E-state index in [1.54, 1.807) is 0 Å². The van der Waals surface area contributed by atoms with E-state index in [-0.39, 0.29) is 18.5 Å². The van der Waals surface area contributed by atoms with Crippen LogP contribution in [0.1, 0.15) is 296 Å². The Kier molecular flexibility index (Phi) is 49.1. The highest BCUT2D eigenvalue weighted by Crippen LogP contribution is 2.17. The molecule has 0 aromatic heterocycles. The fourth-order valence-electron chi connectivity index (χ4n) is 8.40. The summed E-state index contributed by atoms with van der Waals surface area (Å²) >= 11 is 0. The van der Waals surface area contributed by atoms with Crippen LogP contribution >= 0.6 is 0 Å². The molecule has 0 aromatic rings. The molecule has 0 aliphatic rings. The molecule has 1 amide bonds. The number of hydrogen-bond donors (Lipinski definition) is 3. The molecule has 3 N–H and O–H groups in total. The van der Waals surface area contributed by atoms with Gasteiger partial charge in [-0.3, -0.25) is 9.59 Å². The number of rotatable bonds is 50. The van der Waals surface area contributed by atoms with Crippen LogP contribution < -0.4 is 5.32 Å². The van der Waals surface area contributed by atoms with E-state index >= 15 is 0 Å². The summed E-state index contributed by atoms with van der Waals surface area (Å²) in [5.41, 5.74) is 0. The van der Waals surface area contributed by atoms with Crippen LogP contribution in [-0.4, -0.2) is 47.4 Å². The first-order valence-corrected chi connectivity index (χ1v) is 26.9. The summed E-state index contributed by atoms with van der Waals surface area (Å²) < 4.78 is 5.42. The maximum atomic E-state index is 12.5. The van der Waals surface area contributed by atoms with E-state index in [4.69, 9.17) is 4.74 Å². The zero-order chi connectivity index (χ0) is 43.7. The lowest BCUT2D eigenvalue weighted by Gasteiger charge is -2.22. The summed E-state index contributed by atoms with van der Waals surface area (Å²) in [6.07, 6.45) is 57.7. The third-order valence-corrected chi connectivity index (χ3v) is 12.6. The van der Waals surface area contributed by atoms with Gasteiger partial charge in [0.1, 0.15) is 0 Å². The van der Waals surface area contributed by atoms with Gasteiger partial charge < -0.3 is 20.3 Å². The van der Waals surface area contributed by atoms with Crippen LogP contribution in [-0.2, 0) is 14.3 Å². The van der Waals surface area contributed by atoms with Crippen molar-refractivity contribution in [3.05, 3.63) is 12.2 Å². The van der Waals surface area contributed by atoms with E-state index in [0.29, 0.717) is 25.9 Å². The number of amides is 1. The lowest BCUT2D eigenvalue weighted by molar-refractivity contribution is -0.143. The Hall–Kier alpha value is -1.40. The summed E-state index contributed by atoms with van der Waals surface area (Å²) in [6, 6.07) is -0.566. The third kappa shape index (κ3) is 46.1. The first kappa shape index (κ1) is 58.6. The molecule has 0 aliphatic carbocycles. The summed E-state index contributed by atoms with van der Waals surface area (Å²) in [5.74, 6) is -0.104. The van der Waals surface area contributed by atoms with Crippen molar-refractivity contribution in [2.24, 2.45) is 0 Å². The molecule has 0 spiro atoms. The number of allylic oxidation sites excluding steroid dienone is 2. The number of esters is 1. The molecule has 6 heteroatoms. The lowest BCUT2D eigenvalue weighted by atomic mass is 10.0. The van der Waals surface area contributed by atoms with Gasteiger partial charge in [0, 0.05) is 12.8 Å². The van der Waals surface area contributed by atoms with Crippen LogP contribution in [0.5, 0.6) is 0 Å². The highest BCUT2D eigenvalue weighted by molar-refractivity contribution is 5.76. The van der Waals surface area contributed by atoms with E-state index in [2.05, 4.69) is 31.3 Å². The first-order chi connectivity index (χ1) is 29.5. The fraction of sp³-hybridized carbons (Fsp3) is 0.926. The van der Waals surface area contributed by atoms with E-state index in [0.717, 1.165) is 77.0 Å². The molecule has 0 aromatic carbocycles. The number of unbranched alkanes of at least 4 members (excludes halogenated alkanes) is 37. The first-order valence-electron chi connectivity index (χ1n) is 26.9. The fourth-order valence-corrected chi connectivity index (χ4v) is 8.40. The largest absolute Gasteiger partial charge is 0.466 e. The SMILES string of the molecule is CCCCCCCCCCCCCCCCCCCCCCCCC(O)C(CO)NC(=O)CCCCCC/C=C\CCCCOC(=O)CCCCCCCCCCCCC. The Morgan fingerprint density at radius 2 is 0.783 bits per heavy atom. The van der Waals surface area contributed by atoms with Gasteiger partial charge in [0.25, 0.3) is 0 Å². The number of nitrogens with one attached hydrogen (secondary N) is 1. The number of aliphatic hydroxyl groups is 2. The van der Waals surface area contributed by atoms with E-state index < -0.39 is 12.1 Å². The Bertz CT molecular complexity index is 893. The molecule has 0 bridgehead atoms. The van der Waals surface area contributed by atoms with Gasteiger partial charge in [-0.15, -0.1) is 0 Å². The van der Waals surface area contributed by atoms with Crippen LogP contribution in [0.15, 0.2) is 12.2 Å². The van der Waals surface area contributed by atoms with Crippen molar-refractivity contribution in [3.63, 3.8) is 0 Å². The minimum Gasteiger partial charge on any atom is -0.466 e. The van der Waals surface area contributed by atoms with Gasteiger partial charge in [-0.05, 0) is 51.4 Å². The topological polar surface area (TPSA) is 95.9 Å². The maximum Gasteiger partial charge on any atom is 0.305 e.